The van der Waals surface area contributed by atoms with Gasteiger partial charge in [-0.05, 0) is 41.6 Å². The molecule has 1 aliphatic heterocycles. The van der Waals surface area contributed by atoms with Crippen LogP contribution >= 0.6 is 34.4 Å². The van der Waals surface area contributed by atoms with E-state index in [0.29, 0.717) is 24.5 Å². The molecule has 1 fully saturated rings. The maximum Gasteiger partial charge on any atom is 0.273 e. The number of aromatic nitrogens is 4. The van der Waals surface area contributed by atoms with Gasteiger partial charge >= 0.3 is 0 Å². The molecule has 0 N–H and O–H groups in total. The third kappa shape index (κ3) is 6.68. The van der Waals surface area contributed by atoms with Crippen LogP contribution in [0.4, 0.5) is 0 Å². The normalized spacial score (nSPS) is 14.2. The zero-order chi connectivity index (χ0) is 28.0. The quantitative estimate of drug-likeness (QED) is 0.180. The number of rotatable bonds is 9. The molecule has 1 aliphatic rings. The second-order valence-electron chi connectivity index (χ2n) is 9.78. The topological polar surface area (TPSA) is 67.2 Å². The molecule has 4 heterocycles. The lowest BCUT2D eigenvalue weighted by atomic mass is 10.2. The van der Waals surface area contributed by atoms with E-state index in [-0.39, 0.29) is 5.91 Å². The second kappa shape index (κ2) is 12.9. The summed E-state index contributed by atoms with van der Waals surface area (Å²) in [7, 11) is 0. The van der Waals surface area contributed by atoms with Crippen molar-refractivity contribution in [2.75, 3.05) is 32.7 Å². The van der Waals surface area contributed by atoms with Crippen molar-refractivity contribution in [3.8, 4) is 16.4 Å². The van der Waals surface area contributed by atoms with Crippen LogP contribution in [0.25, 0.3) is 22.5 Å². The molecule has 0 unspecified atom stereocenters. The van der Waals surface area contributed by atoms with Crippen LogP contribution in [0, 0.1) is 6.92 Å². The number of thioether (sulfide) groups is 1. The number of nitrogens with zero attached hydrogens (tertiary/aromatic N) is 6. The third-order valence-corrected chi connectivity index (χ3v) is 9.70. The van der Waals surface area contributed by atoms with Crippen molar-refractivity contribution < 1.29 is 4.79 Å². The lowest BCUT2D eigenvalue weighted by Gasteiger charge is -2.33. The molecule has 0 radical (unpaired) electrons. The molecule has 0 saturated carbocycles. The van der Waals surface area contributed by atoms with E-state index in [2.05, 4.69) is 86.6 Å². The zero-order valence-electron chi connectivity index (χ0n) is 22.7. The Morgan fingerprint density at radius 3 is 2.61 bits per heavy atom. The number of carbonyl (C=O) groups excluding carboxylic acids is 1. The fourth-order valence-corrected chi connectivity index (χ4v) is 7.16. The molecular weight excluding hydrogens is 569 g/mol. The Hall–Kier alpha value is -3.57. The maximum atomic E-state index is 13.2. The molecule has 10 heteroatoms. The van der Waals surface area contributed by atoms with Crippen LogP contribution in [0.5, 0.6) is 0 Å². The Balaban J connectivity index is 1.07. The lowest BCUT2D eigenvalue weighted by molar-refractivity contribution is 0.0645. The summed E-state index contributed by atoms with van der Waals surface area (Å²) in [5.74, 6) is 1.46. The first-order valence-corrected chi connectivity index (χ1v) is 16.3. The van der Waals surface area contributed by atoms with Crippen LogP contribution in [0.3, 0.4) is 0 Å². The number of benzene rings is 2. The van der Waals surface area contributed by atoms with Crippen molar-refractivity contribution >= 4 is 46.4 Å². The van der Waals surface area contributed by atoms with Crippen LogP contribution in [-0.4, -0.2) is 68.2 Å². The molecule has 5 aromatic rings. The third-order valence-electron chi connectivity index (χ3n) is 6.86. The van der Waals surface area contributed by atoms with Crippen molar-refractivity contribution in [3.05, 3.63) is 105 Å². The van der Waals surface area contributed by atoms with Gasteiger partial charge in [-0.25, -0.2) is 4.98 Å². The number of thiazole rings is 1. The molecule has 1 saturated heterocycles. The average Bonchev–Trinajstić information content (AvgIpc) is 3.78. The van der Waals surface area contributed by atoms with Crippen LogP contribution in [0.2, 0.25) is 0 Å². The number of piperazine rings is 1. The minimum Gasteiger partial charge on any atom is -0.335 e. The molecule has 0 spiro atoms. The number of aryl methyl sites for hydroxylation is 1. The molecule has 2 aromatic carbocycles. The first-order chi connectivity index (χ1) is 20.1. The smallest absolute Gasteiger partial charge is 0.273 e. The van der Waals surface area contributed by atoms with Gasteiger partial charge in [0.2, 0.25) is 0 Å². The van der Waals surface area contributed by atoms with Crippen LogP contribution in [0.1, 0.15) is 26.6 Å². The zero-order valence-corrected chi connectivity index (χ0v) is 25.2. The summed E-state index contributed by atoms with van der Waals surface area (Å²) in [4.78, 5) is 23.3. The van der Waals surface area contributed by atoms with Crippen molar-refractivity contribution in [3.63, 3.8) is 0 Å². The average molecular weight is 599 g/mol. The van der Waals surface area contributed by atoms with E-state index in [1.807, 2.05) is 34.5 Å². The summed E-state index contributed by atoms with van der Waals surface area (Å²) in [5.41, 5.74) is 3.95. The molecule has 3 aromatic heterocycles. The lowest BCUT2D eigenvalue weighted by Crippen LogP contribution is -2.48. The molecular formula is C31H30N6OS3. The Morgan fingerprint density at radius 2 is 1.83 bits per heavy atom. The second-order valence-corrected chi connectivity index (χ2v) is 12.6. The van der Waals surface area contributed by atoms with Crippen molar-refractivity contribution in [2.24, 2.45) is 0 Å². The fourth-order valence-electron chi connectivity index (χ4n) is 4.73. The highest BCUT2D eigenvalue weighted by Crippen LogP contribution is 2.32. The monoisotopic (exact) mass is 598 g/mol. The molecule has 208 valence electrons. The highest BCUT2D eigenvalue weighted by molar-refractivity contribution is 7.98. The first-order valence-electron chi connectivity index (χ1n) is 13.5. The fraction of sp³-hybridized carbons (Fsp3) is 0.226. The van der Waals surface area contributed by atoms with Crippen LogP contribution in [0.15, 0.2) is 88.7 Å². The van der Waals surface area contributed by atoms with Crippen LogP contribution < -0.4 is 0 Å². The molecule has 1 amide bonds. The molecule has 41 heavy (non-hydrogen) atoms. The minimum absolute atomic E-state index is 0.0138. The summed E-state index contributed by atoms with van der Waals surface area (Å²) < 4.78 is 2.11. The minimum atomic E-state index is 0.0138. The van der Waals surface area contributed by atoms with Gasteiger partial charge in [-0.2, -0.15) is 0 Å². The summed E-state index contributed by atoms with van der Waals surface area (Å²) >= 11 is 4.76. The number of thiophene rings is 1. The highest BCUT2D eigenvalue weighted by atomic mass is 32.2. The van der Waals surface area contributed by atoms with Gasteiger partial charge in [-0.15, -0.1) is 32.9 Å². The number of amides is 1. The van der Waals surface area contributed by atoms with Gasteiger partial charge in [0.1, 0.15) is 10.7 Å². The van der Waals surface area contributed by atoms with E-state index in [0.717, 1.165) is 46.2 Å². The summed E-state index contributed by atoms with van der Waals surface area (Å²) in [5, 5.41) is 14.7. The molecule has 6 rings (SSSR count). The molecule has 0 aliphatic carbocycles. The Labute approximate surface area is 252 Å². The standard InChI is InChI=1S/C31H30N6OS3/c1-23-8-5-12-25(20-23)37-29(27-13-7-19-39-27)33-34-31(37)41-22-28-32-26(21-40-28)30(38)36-17-15-35(16-18-36)14-6-11-24-9-3-2-4-10-24/h2-13,19-21H,14-18,22H2,1H3. The van der Waals surface area contributed by atoms with E-state index >= 15 is 0 Å². The van der Waals surface area contributed by atoms with Crippen LogP contribution in [-0.2, 0) is 5.75 Å². The van der Waals surface area contributed by atoms with Gasteiger partial charge in [0.25, 0.3) is 5.91 Å². The number of hydrogen-bond acceptors (Lipinski definition) is 8. The SMILES string of the molecule is Cc1cccc(-n2c(SCc3nc(C(=O)N4CCN(CC=Cc5ccccc5)CC4)cs3)nnc2-c2cccs2)c1. The van der Waals surface area contributed by atoms with Gasteiger partial charge in [0.05, 0.1) is 16.3 Å². The molecule has 0 atom stereocenters. The van der Waals surface area contributed by atoms with E-state index in [4.69, 9.17) is 4.98 Å². The Morgan fingerprint density at radius 1 is 0.976 bits per heavy atom. The van der Waals surface area contributed by atoms with E-state index in [9.17, 15) is 4.79 Å². The van der Waals surface area contributed by atoms with E-state index < -0.39 is 0 Å². The predicted octanol–water partition coefficient (Wildman–Crippen LogP) is 6.52. The van der Waals surface area contributed by atoms with E-state index in [1.54, 1.807) is 23.1 Å². The highest BCUT2D eigenvalue weighted by Gasteiger charge is 2.24. The van der Waals surface area contributed by atoms with Gasteiger partial charge in [-0.3, -0.25) is 14.3 Å². The maximum absolute atomic E-state index is 13.2. The van der Waals surface area contributed by atoms with Gasteiger partial charge in [0.15, 0.2) is 11.0 Å². The first kappa shape index (κ1) is 27.6. The summed E-state index contributed by atoms with van der Waals surface area (Å²) in [6, 6.07) is 22.8. The largest absolute Gasteiger partial charge is 0.335 e. The Kier molecular flexibility index (Phi) is 8.71. The number of carbonyl (C=O) groups is 1. The van der Waals surface area contributed by atoms with E-state index in [1.165, 1.54) is 22.5 Å². The van der Waals surface area contributed by atoms with Crippen molar-refractivity contribution in [1.29, 1.82) is 0 Å². The van der Waals surface area contributed by atoms with Gasteiger partial charge < -0.3 is 4.90 Å². The summed E-state index contributed by atoms with van der Waals surface area (Å²) in [6.07, 6.45) is 4.35. The predicted molar refractivity (Wildman–Crippen MR) is 169 cm³/mol. The Bertz CT molecular complexity index is 1620. The number of hydrogen-bond donors (Lipinski definition) is 0. The molecule has 7 nitrogen and oxygen atoms in total. The van der Waals surface area contributed by atoms with Crippen molar-refractivity contribution in [2.45, 2.75) is 17.8 Å². The summed E-state index contributed by atoms with van der Waals surface area (Å²) in [6.45, 7) is 6.12. The van der Waals surface area contributed by atoms with Gasteiger partial charge in [0, 0.05) is 38.1 Å². The van der Waals surface area contributed by atoms with Crippen molar-refractivity contribution in [1.82, 2.24) is 29.5 Å². The van der Waals surface area contributed by atoms with Gasteiger partial charge in [-0.1, -0.05) is 72.4 Å². The molecule has 0 bridgehead atoms.